The molecule has 0 spiro atoms. The minimum absolute atomic E-state index is 0.0147. The van der Waals surface area contributed by atoms with Crippen molar-refractivity contribution in [2.45, 2.75) is 38.3 Å². The van der Waals surface area contributed by atoms with Gasteiger partial charge in [0.1, 0.15) is 6.23 Å². The second-order valence-electron chi connectivity index (χ2n) is 6.84. The van der Waals surface area contributed by atoms with Gasteiger partial charge in [0.05, 0.1) is 21.8 Å². The van der Waals surface area contributed by atoms with Crippen LogP contribution in [0.4, 0.5) is 0 Å². The highest BCUT2D eigenvalue weighted by Crippen LogP contribution is 2.43. The van der Waals surface area contributed by atoms with E-state index in [1.807, 2.05) is 23.1 Å². The first-order valence-corrected chi connectivity index (χ1v) is 9.61. The van der Waals surface area contributed by atoms with Crippen LogP contribution in [0.2, 0.25) is 10.0 Å². The minimum atomic E-state index is -0.0147. The predicted octanol–water partition coefficient (Wildman–Crippen LogP) is 5.10. The molecule has 1 fully saturated rings. The van der Waals surface area contributed by atoms with Crippen LogP contribution in [0.3, 0.4) is 0 Å². The van der Waals surface area contributed by atoms with Gasteiger partial charge in [-0.2, -0.15) is 5.10 Å². The summed E-state index contributed by atoms with van der Waals surface area (Å²) in [5, 5.41) is 6.34. The zero-order valence-electron chi connectivity index (χ0n) is 14.0. The molecule has 0 aliphatic carbocycles. The van der Waals surface area contributed by atoms with E-state index in [-0.39, 0.29) is 12.1 Å². The van der Waals surface area contributed by atoms with E-state index >= 15 is 0 Å². The summed E-state index contributed by atoms with van der Waals surface area (Å²) >= 11 is 12.7. The number of nitrogens with zero attached hydrogens (tertiary/aromatic N) is 3. The summed E-state index contributed by atoms with van der Waals surface area (Å²) in [5.41, 5.74) is 3.68. The van der Waals surface area contributed by atoms with Crippen molar-refractivity contribution in [3.63, 3.8) is 0 Å². The third kappa shape index (κ3) is 2.34. The molecule has 26 heavy (non-hydrogen) atoms. The summed E-state index contributed by atoms with van der Waals surface area (Å²) in [6.45, 7) is 0.771. The monoisotopic (exact) mass is 389 g/mol. The third-order valence-corrected chi connectivity index (χ3v) is 6.08. The van der Waals surface area contributed by atoms with E-state index in [0.717, 1.165) is 48.1 Å². The van der Waals surface area contributed by atoms with Gasteiger partial charge in [-0.25, -0.2) is 4.68 Å². The number of hydrogen-bond acceptors (Lipinski definition) is 3. The average Bonchev–Trinajstić information content (AvgIpc) is 3.35. The van der Waals surface area contributed by atoms with Gasteiger partial charge in [-0.3, -0.25) is 9.36 Å². The molecule has 1 aromatic carbocycles. The second kappa shape index (κ2) is 6.12. The zero-order valence-corrected chi connectivity index (χ0v) is 15.6. The van der Waals surface area contributed by atoms with Crippen LogP contribution in [0, 0.1) is 0 Å². The Bertz CT molecular complexity index is 1030. The molecule has 0 radical (unpaired) electrons. The fraction of sp³-hybridized carbons (Fsp3) is 0.368. The van der Waals surface area contributed by atoms with Crippen molar-refractivity contribution in [3.05, 3.63) is 40.3 Å². The maximum absolute atomic E-state index is 12.5. The Labute approximate surface area is 160 Å². The van der Waals surface area contributed by atoms with Crippen LogP contribution < -0.4 is 0 Å². The summed E-state index contributed by atoms with van der Waals surface area (Å²) in [6.07, 6.45) is 8.24. The van der Waals surface area contributed by atoms with E-state index in [4.69, 9.17) is 27.9 Å². The molecule has 5 nitrogen and oxygen atoms in total. The van der Waals surface area contributed by atoms with E-state index in [1.54, 1.807) is 10.6 Å². The Morgan fingerprint density at radius 3 is 2.88 bits per heavy atom. The van der Waals surface area contributed by atoms with Crippen LogP contribution in [0.15, 0.2) is 24.5 Å². The van der Waals surface area contributed by atoms with Gasteiger partial charge < -0.3 is 4.74 Å². The van der Waals surface area contributed by atoms with Gasteiger partial charge in [0.15, 0.2) is 0 Å². The molecule has 2 aromatic heterocycles. The third-order valence-electron chi connectivity index (χ3n) is 5.29. The number of hydrogen-bond donors (Lipinski definition) is 0. The van der Waals surface area contributed by atoms with Gasteiger partial charge in [-0.15, -0.1) is 0 Å². The van der Waals surface area contributed by atoms with Crippen molar-refractivity contribution >= 4 is 40.0 Å². The highest BCUT2D eigenvalue weighted by atomic mass is 35.5. The van der Waals surface area contributed by atoms with E-state index < -0.39 is 0 Å². The number of rotatable bonds is 2. The van der Waals surface area contributed by atoms with Crippen LogP contribution in [0.25, 0.3) is 22.0 Å². The first kappa shape index (κ1) is 16.4. The minimum Gasteiger partial charge on any atom is -0.357 e. The second-order valence-corrected chi connectivity index (χ2v) is 7.62. The van der Waals surface area contributed by atoms with Crippen LogP contribution in [0.1, 0.15) is 42.4 Å². The lowest BCUT2D eigenvalue weighted by Gasteiger charge is -2.22. The SMILES string of the molecule is O=C1CCc2c(-c3cnn(C4CCCCO4)c3)c3ccc(Cl)c(Cl)c3n21. The lowest BCUT2D eigenvalue weighted by atomic mass is 10.0. The van der Waals surface area contributed by atoms with Crippen LogP contribution in [0.5, 0.6) is 0 Å². The predicted molar refractivity (Wildman–Crippen MR) is 101 cm³/mol. The quantitative estimate of drug-likeness (QED) is 0.612. The van der Waals surface area contributed by atoms with Crippen LogP contribution in [-0.2, 0) is 11.2 Å². The fourth-order valence-corrected chi connectivity index (χ4v) is 4.49. The van der Waals surface area contributed by atoms with Gasteiger partial charge >= 0.3 is 0 Å². The first-order valence-electron chi connectivity index (χ1n) is 8.86. The molecule has 3 aromatic rings. The molecular formula is C19H17Cl2N3O2. The van der Waals surface area contributed by atoms with Crippen molar-refractivity contribution in [2.24, 2.45) is 0 Å². The molecule has 1 unspecified atom stereocenters. The number of fused-ring (bicyclic) bond motifs is 3. The maximum atomic E-state index is 12.5. The molecule has 5 rings (SSSR count). The van der Waals surface area contributed by atoms with Gasteiger partial charge in [0.25, 0.3) is 0 Å². The Hall–Kier alpha value is -1.82. The summed E-state index contributed by atoms with van der Waals surface area (Å²) < 4.78 is 9.45. The van der Waals surface area contributed by atoms with Crippen LogP contribution >= 0.6 is 23.2 Å². The number of ether oxygens (including phenoxy) is 1. The van der Waals surface area contributed by atoms with Gasteiger partial charge in [0.2, 0.25) is 5.91 Å². The maximum Gasteiger partial charge on any atom is 0.231 e. The molecule has 4 heterocycles. The van der Waals surface area contributed by atoms with E-state index in [1.165, 1.54) is 0 Å². The lowest BCUT2D eigenvalue weighted by molar-refractivity contribution is -0.0394. The summed E-state index contributed by atoms with van der Waals surface area (Å²) in [7, 11) is 0. The van der Waals surface area contributed by atoms with E-state index in [9.17, 15) is 4.79 Å². The Kier molecular flexibility index (Phi) is 3.85. The molecule has 0 N–H and O–H groups in total. The van der Waals surface area contributed by atoms with Crippen molar-refractivity contribution in [1.29, 1.82) is 0 Å². The van der Waals surface area contributed by atoms with Crippen LogP contribution in [-0.4, -0.2) is 26.9 Å². The first-order chi connectivity index (χ1) is 12.6. The number of aromatic nitrogens is 3. The molecule has 0 bridgehead atoms. The number of carbonyl (C=O) groups is 1. The van der Waals surface area contributed by atoms with Gasteiger partial charge in [-0.05, 0) is 31.7 Å². The summed E-state index contributed by atoms with van der Waals surface area (Å²) in [6, 6.07) is 3.72. The Morgan fingerprint density at radius 1 is 1.19 bits per heavy atom. The van der Waals surface area contributed by atoms with Crippen molar-refractivity contribution in [3.8, 4) is 11.1 Å². The number of carbonyl (C=O) groups excluding carboxylic acids is 1. The summed E-state index contributed by atoms with van der Waals surface area (Å²) in [5.74, 6) is 0.0587. The molecule has 1 atom stereocenters. The molecule has 134 valence electrons. The molecule has 0 amide bonds. The lowest BCUT2D eigenvalue weighted by Crippen LogP contribution is -2.18. The molecule has 2 aliphatic rings. The standard InChI is InChI=1S/C19H17Cl2N3O2/c20-13-5-4-12-17(14-6-7-15(25)24(14)19(12)18(13)21)11-9-22-23(10-11)16-3-1-2-8-26-16/h4-5,9-10,16H,1-3,6-8H2. The molecule has 2 aliphatic heterocycles. The Balaban J connectivity index is 1.70. The normalized spacial score (nSPS) is 20.1. The molecule has 1 saturated heterocycles. The molecule has 0 saturated carbocycles. The van der Waals surface area contributed by atoms with Crippen molar-refractivity contribution < 1.29 is 9.53 Å². The zero-order chi connectivity index (χ0) is 17.8. The summed E-state index contributed by atoms with van der Waals surface area (Å²) in [4.78, 5) is 12.5. The largest absolute Gasteiger partial charge is 0.357 e. The fourth-order valence-electron chi connectivity index (χ4n) is 4.09. The van der Waals surface area contributed by atoms with Crippen molar-refractivity contribution in [1.82, 2.24) is 14.3 Å². The van der Waals surface area contributed by atoms with Crippen molar-refractivity contribution in [2.75, 3.05) is 6.61 Å². The molecule has 7 heteroatoms. The van der Waals surface area contributed by atoms with E-state index in [0.29, 0.717) is 28.4 Å². The topological polar surface area (TPSA) is 49.1 Å². The molecular weight excluding hydrogens is 373 g/mol. The highest BCUT2D eigenvalue weighted by Gasteiger charge is 2.30. The smallest absolute Gasteiger partial charge is 0.231 e. The van der Waals surface area contributed by atoms with Gasteiger partial charge in [0, 0.05) is 41.4 Å². The number of benzene rings is 1. The van der Waals surface area contributed by atoms with E-state index in [2.05, 4.69) is 5.10 Å². The number of halogens is 2. The van der Waals surface area contributed by atoms with Gasteiger partial charge in [-0.1, -0.05) is 29.3 Å². The highest BCUT2D eigenvalue weighted by molar-refractivity contribution is 6.45. The Morgan fingerprint density at radius 2 is 2.08 bits per heavy atom. The average molecular weight is 390 g/mol.